The summed E-state index contributed by atoms with van der Waals surface area (Å²) in [5, 5.41) is 13.9. The zero-order valence-corrected chi connectivity index (χ0v) is 15.5. The van der Waals surface area contributed by atoms with Gasteiger partial charge in [-0.1, -0.05) is 0 Å². The average molecular weight is 274 g/mol. The van der Waals surface area contributed by atoms with Crippen LogP contribution in [0.2, 0.25) is 0 Å². The van der Waals surface area contributed by atoms with E-state index in [1.807, 2.05) is 0 Å². The maximum Gasteiger partial charge on any atom is 2.00 e. The zero-order chi connectivity index (χ0) is 8.08. The molecule has 0 atom stereocenters. The molecule has 0 fully saturated rings. The monoisotopic (exact) mass is 274 g/mol. The van der Waals surface area contributed by atoms with Crippen LogP contribution in [-0.4, -0.2) is 68.6 Å². The molecule has 12 heteroatoms. The first kappa shape index (κ1) is 36.0. The summed E-state index contributed by atoms with van der Waals surface area (Å²) in [5.74, 6) is 0. The van der Waals surface area contributed by atoms with Crippen LogP contribution in [0.1, 0.15) is 0 Å². The number of carbonyl (C=O) groups is 1. The van der Waals surface area contributed by atoms with Crippen LogP contribution < -0.4 is 100 Å². The summed E-state index contributed by atoms with van der Waals surface area (Å²) < 4.78 is 0. The van der Waals surface area contributed by atoms with E-state index in [9.17, 15) is 0 Å². The molecule has 0 aliphatic heterocycles. The quantitative estimate of drug-likeness (QED) is 0.411. The first-order valence-corrected chi connectivity index (χ1v) is 3.10. The van der Waals surface area contributed by atoms with Gasteiger partial charge in [-0.3, -0.25) is 0 Å². The summed E-state index contributed by atoms with van der Waals surface area (Å²) in [6, 6.07) is 0. The molecule has 0 spiro atoms. The van der Waals surface area contributed by atoms with Gasteiger partial charge in [-0.25, -0.2) is 4.79 Å². The average Bonchev–Trinajstić information content (AvgIpc) is 1.19. The fourth-order valence-electron chi connectivity index (χ4n) is 0. The van der Waals surface area contributed by atoms with E-state index < -0.39 is 15.2 Å². The van der Waals surface area contributed by atoms with Crippen molar-refractivity contribution in [1.29, 1.82) is 0 Å². The first-order chi connectivity index (χ1) is 3.73. The molecule has 4 N–H and O–H groups in total. The maximum atomic E-state index is 8.58. The second-order valence-electron chi connectivity index (χ2n) is 0.783. The number of hydrogen-bond donors (Lipinski definition) is 2. The number of carboxylic acid groups (broad SMARTS) is 2. The molecule has 0 unspecified atom stereocenters. The van der Waals surface area contributed by atoms with E-state index in [0.717, 1.165) is 0 Å². The number of rotatable bonds is 0. The van der Waals surface area contributed by atoms with Gasteiger partial charge in [-0.05, 0) is 0 Å². The van der Waals surface area contributed by atoms with Crippen molar-refractivity contribution in [3.8, 4) is 0 Å². The summed E-state index contributed by atoms with van der Waals surface area (Å²) in [6.45, 7) is 0. The molecule has 0 aromatic carbocycles. The Morgan fingerprint density at radius 1 is 1.08 bits per heavy atom. The largest absolute Gasteiger partial charge is 2.00 e. The normalized spacial score (nSPS) is 6.46. The molecule has 0 aromatic heterocycles. The van der Waals surface area contributed by atoms with Crippen LogP contribution in [0.4, 0.5) is 4.79 Å². The summed E-state index contributed by atoms with van der Waals surface area (Å²) >= 11 is 0. The molecule has 0 amide bonds. The van der Waals surface area contributed by atoms with Crippen molar-refractivity contribution in [2.45, 2.75) is 0 Å². The Balaban J connectivity index is -0.0000000146. The Morgan fingerprint density at radius 2 is 1.08 bits per heavy atom. The fourth-order valence-corrected chi connectivity index (χ4v) is 0. The smallest absolute Gasteiger partial charge is 0.894 e. The van der Waals surface area contributed by atoms with Gasteiger partial charge in [0.2, 0.25) is 0 Å². The molecule has 0 aliphatic rings. The van der Waals surface area contributed by atoms with Crippen LogP contribution in [0.3, 0.4) is 0 Å². The van der Waals surface area contributed by atoms with E-state index in [1.165, 1.54) is 0 Å². The van der Waals surface area contributed by atoms with E-state index in [2.05, 4.69) is 0 Å². The fraction of sp³-hybridized carbons (Fsp3) is 0. The summed E-state index contributed by atoms with van der Waals surface area (Å²) in [4.78, 5) is 42.9. The Hall–Kier alpha value is 3.18. The summed E-state index contributed by atoms with van der Waals surface area (Å²) in [6.07, 6.45) is -1.83. The van der Waals surface area contributed by atoms with Crippen LogP contribution in [0.25, 0.3) is 0 Å². The van der Waals surface area contributed by atoms with Crippen molar-refractivity contribution in [3.05, 3.63) is 0 Å². The van der Waals surface area contributed by atoms with Gasteiger partial charge in [-0.15, -0.1) is 0 Å². The van der Waals surface area contributed by atoms with Crippen molar-refractivity contribution in [2.75, 3.05) is 0 Å². The van der Waals surface area contributed by atoms with Gasteiger partial charge in [0.25, 0.3) is 0 Å². The van der Waals surface area contributed by atoms with Gasteiger partial charge in [-0.2, -0.15) is 0 Å². The van der Waals surface area contributed by atoms with Crippen molar-refractivity contribution in [3.63, 3.8) is 0 Å². The third-order valence-corrected chi connectivity index (χ3v) is 0. The van der Waals surface area contributed by atoms with Crippen molar-refractivity contribution in [2.24, 2.45) is 0 Å². The zero-order valence-electron chi connectivity index (χ0n) is 7.14. The molecular weight excluding hydrogens is 270 g/mol. The van der Waals surface area contributed by atoms with E-state index in [-0.39, 0.29) is 124 Å². The van der Waals surface area contributed by atoms with Crippen molar-refractivity contribution in [1.82, 2.24) is 0 Å². The second kappa shape index (κ2) is 20.6. The molecule has 0 rings (SSSR count). The van der Waals surface area contributed by atoms with Crippen LogP contribution in [0.5, 0.6) is 0 Å². The Kier molecular flexibility index (Phi) is 56.9. The molecule has 8 nitrogen and oxygen atoms in total. The third-order valence-electron chi connectivity index (χ3n) is 0. The van der Waals surface area contributed by atoms with Crippen LogP contribution in [-0.2, 0) is 0 Å². The predicted octanol–water partition coefficient (Wildman–Crippen LogP) is -12.1. The summed E-state index contributed by atoms with van der Waals surface area (Å²) in [7, 11) is -5.61. The van der Waals surface area contributed by atoms with Crippen LogP contribution in [0.15, 0.2) is 0 Å². The minimum absolute atomic E-state index is 0. The Labute approximate surface area is 169 Å². The minimum Gasteiger partial charge on any atom is -0.894 e. The topological polar surface area (TPSA) is 181 Å². The number of hydrogen-bond acceptors (Lipinski definition) is 5. The van der Waals surface area contributed by atoms with Gasteiger partial charge < -0.3 is 43.9 Å². The molecule has 0 aliphatic carbocycles. The molecule has 64 valence electrons. The molecule has 0 saturated heterocycles. The van der Waals surface area contributed by atoms with E-state index >= 15 is 0 Å². The van der Waals surface area contributed by atoms with Gasteiger partial charge in [0.1, 0.15) is 0 Å². The standard InChI is InChI=1S/CH2O3.Ca.K.Na.O4Si.H2O/c2-1(3)4;;;;1-5(2,3)4;/h(H2,2,3,4);;;;;1H2/q;+2;2*+1;-4;. The summed E-state index contributed by atoms with van der Waals surface area (Å²) in [5.41, 5.74) is 0. The molecule has 0 bridgehead atoms. The molecule has 0 aromatic rings. The van der Waals surface area contributed by atoms with Gasteiger partial charge >= 0.3 is 125 Å². The first-order valence-electron chi connectivity index (χ1n) is 1.47. The van der Waals surface area contributed by atoms with Gasteiger partial charge in [0.15, 0.2) is 0 Å². The van der Waals surface area contributed by atoms with E-state index in [4.69, 9.17) is 34.2 Å². The molecular formula is CH4CaKNaO8Si. The second-order valence-corrected chi connectivity index (χ2v) is 1.78. The van der Waals surface area contributed by atoms with Gasteiger partial charge in [0.05, 0.1) is 0 Å². The molecule has 13 heavy (non-hydrogen) atoms. The Bertz CT molecular complexity index is 86.6. The van der Waals surface area contributed by atoms with Crippen molar-refractivity contribution >= 4 is 52.9 Å². The molecule has 0 heterocycles. The maximum absolute atomic E-state index is 8.58. The van der Waals surface area contributed by atoms with Gasteiger partial charge in [0, 0.05) is 0 Å². The molecule has 0 saturated carbocycles. The van der Waals surface area contributed by atoms with E-state index in [1.54, 1.807) is 0 Å². The third kappa shape index (κ3) is 260. The minimum atomic E-state index is -5.61. The Morgan fingerprint density at radius 3 is 1.08 bits per heavy atom. The van der Waals surface area contributed by atoms with Crippen LogP contribution >= 0.6 is 0 Å². The van der Waals surface area contributed by atoms with Crippen LogP contribution in [0, 0.1) is 0 Å². The predicted molar refractivity (Wildman–Crippen MR) is 25.8 cm³/mol. The van der Waals surface area contributed by atoms with E-state index in [0.29, 0.717) is 0 Å². The van der Waals surface area contributed by atoms with Crippen molar-refractivity contribution < 1.29 is 121 Å². The molecule has 0 radical (unpaired) electrons. The SMILES string of the molecule is O.O=C(O)O.[Ca+2].[K+].[Na+].[O-][Si]([O-])([O-])[O-].